The van der Waals surface area contributed by atoms with Crippen LogP contribution in [0.5, 0.6) is 0 Å². The molecule has 0 saturated carbocycles. The largest absolute Gasteiger partial charge is 1.00 e. The smallest absolute Gasteiger partial charge is 0.550 e. The molecule has 2 heterocycles. The van der Waals surface area contributed by atoms with Crippen LogP contribution < -0.4 is 34.7 Å². The molecule has 262 valence electrons. The number of aromatic nitrogens is 1. The van der Waals surface area contributed by atoms with Gasteiger partial charge in [-0.25, -0.2) is 17.2 Å². The van der Waals surface area contributed by atoms with Crippen LogP contribution in [0.1, 0.15) is 63.1 Å². The molecule has 1 saturated heterocycles. The monoisotopic (exact) mass is 716 g/mol. The molecule has 3 aromatic carbocycles. The number of piperidine rings is 1. The van der Waals surface area contributed by atoms with Crippen LogP contribution in [0, 0.1) is 17.6 Å². The summed E-state index contributed by atoms with van der Waals surface area (Å²) in [6.07, 6.45) is -0.995. The van der Waals surface area contributed by atoms with Gasteiger partial charge in [0.25, 0.3) is 0 Å². The van der Waals surface area contributed by atoms with Crippen molar-refractivity contribution in [2.45, 2.75) is 81.9 Å². The first-order valence-corrected chi connectivity index (χ1v) is 18.2. The maximum Gasteiger partial charge on any atom is 1.00 e. The van der Waals surface area contributed by atoms with E-state index >= 15 is 0 Å². The van der Waals surface area contributed by atoms with Crippen LogP contribution in [0.15, 0.2) is 83.8 Å². The molecule has 1 aliphatic heterocycles. The zero-order valence-corrected chi connectivity index (χ0v) is 31.6. The number of aliphatic hydroxyl groups excluding tert-OH is 2. The Morgan fingerprint density at radius 2 is 1.44 bits per heavy atom. The Morgan fingerprint density at radius 1 is 0.880 bits per heavy atom. The maximum absolute atomic E-state index is 14.9. The minimum absolute atomic E-state index is 0. The van der Waals surface area contributed by atoms with Crippen molar-refractivity contribution in [3.63, 3.8) is 0 Å². The third kappa shape index (κ3) is 9.50. The molecule has 0 amide bonds. The number of hydrogen-bond donors (Lipinski definition) is 2. The van der Waals surface area contributed by atoms with Gasteiger partial charge in [0.05, 0.1) is 17.9 Å². The van der Waals surface area contributed by atoms with Gasteiger partial charge >= 0.3 is 29.6 Å². The van der Waals surface area contributed by atoms with Gasteiger partial charge in [-0.3, -0.25) is 0 Å². The minimum atomic E-state index is -4.14. The summed E-state index contributed by atoms with van der Waals surface area (Å²) < 4.78 is 61.6. The fourth-order valence-electron chi connectivity index (χ4n) is 6.89. The van der Waals surface area contributed by atoms with E-state index in [1.807, 2.05) is 36.6 Å². The van der Waals surface area contributed by atoms with E-state index in [1.165, 1.54) is 46.3 Å². The van der Waals surface area contributed by atoms with Crippen molar-refractivity contribution >= 4 is 16.0 Å². The van der Waals surface area contributed by atoms with Crippen LogP contribution >= 0.6 is 0 Å². The van der Waals surface area contributed by atoms with E-state index in [9.17, 15) is 37.3 Å². The number of benzene rings is 3. The molecule has 8 nitrogen and oxygen atoms in total. The number of carboxylic acid groups (broad SMARTS) is 1. The second-order valence-corrected chi connectivity index (χ2v) is 15.1. The number of carboxylic acids is 1. The first-order chi connectivity index (χ1) is 23.3. The number of halogens is 2. The first kappa shape index (κ1) is 39.9. The second-order valence-electron chi connectivity index (χ2n) is 13.2. The number of hydrogen-bond acceptors (Lipinski definition) is 6. The predicted octanol–water partition coefficient (Wildman–Crippen LogP) is 2.51. The Labute approximate surface area is 315 Å². The molecule has 0 spiro atoms. The molecule has 1 aromatic heterocycles. The quantitative estimate of drug-likeness (QED) is 0.194. The molecular weight excluding hydrogens is 673 g/mol. The summed E-state index contributed by atoms with van der Waals surface area (Å²) in [5, 5.41) is 31.9. The fourth-order valence-corrected chi connectivity index (χ4v) is 8.92. The number of rotatable bonds is 14. The first-order valence-electron chi connectivity index (χ1n) is 16.7. The van der Waals surface area contributed by atoms with Gasteiger partial charge in [-0.05, 0) is 97.0 Å². The molecule has 4 aromatic rings. The summed E-state index contributed by atoms with van der Waals surface area (Å²) in [6.45, 7) is 4.50. The topological polar surface area (TPSA) is 123 Å². The van der Waals surface area contributed by atoms with Crippen molar-refractivity contribution in [3.8, 4) is 22.4 Å². The average molecular weight is 717 g/mol. The molecule has 50 heavy (non-hydrogen) atoms. The number of carbonyl (C=O) groups excluding carboxylic acids is 1. The summed E-state index contributed by atoms with van der Waals surface area (Å²) in [5.41, 5.74) is 3.50. The Morgan fingerprint density at radius 3 is 1.98 bits per heavy atom. The molecule has 0 unspecified atom stereocenters. The normalized spacial score (nSPS) is 15.5. The summed E-state index contributed by atoms with van der Waals surface area (Å²) in [6, 6.07) is 21.4. The molecule has 12 heteroatoms. The third-order valence-electron chi connectivity index (χ3n) is 9.23. The van der Waals surface area contributed by atoms with Crippen molar-refractivity contribution in [1.29, 1.82) is 0 Å². The average Bonchev–Trinajstić information content (AvgIpc) is 3.41. The Kier molecular flexibility index (Phi) is 14.0. The number of carbonyl (C=O) groups is 1. The fraction of sp³-hybridized carbons (Fsp3) is 0.395. The van der Waals surface area contributed by atoms with Gasteiger partial charge in [-0.15, -0.1) is 0 Å². The van der Waals surface area contributed by atoms with E-state index in [0.717, 1.165) is 6.42 Å². The molecule has 0 bridgehead atoms. The van der Waals surface area contributed by atoms with Crippen LogP contribution in [-0.2, 0) is 27.8 Å². The van der Waals surface area contributed by atoms with Gasteiger partial charge in [0.2, 0.25) is 10.0 Å². The van der Waals surface area contributed by atoms with E-state index in [4.69, 9.17) is 0 Å². The molecule has 2 N–H and O–H groups in total. The van der Waals surface area contributed by atoms with Gasteiger partial charge in [-0.2, -0.15) is 4.31 Å². The summed E-state index contributed by atoms with van der Waals surface area (Å²) >= 11 is 0. The minimum Gasteiger partial charge on any atom is -0.550 e. The molecule has 0 aliphatic carbocycles. The SMILES string of the molecule is CC(C)c1c(S(=O)(=O)N2CCC(Cc3ccccc3)CC2)c(-c2ccc(F)cc2)c(-c2ccc(F)cc2)n1CC[C@@H](O)C[C@@H](O)CC(=O)[O-].[Na+]. The van der Waals surface area contributed by atoms with Gasteiger partial charge in [0.1, 0.15) is 16.5 Å². The van der Waals surface area contributed by atoms with E-state index < -0.39 is 46.3 Å². The molecule has 1 fully saturated rings. The Bertz CT molecular complexity index is 1830. The zero-order valence-electron chi connectivity index (χ0n) is 28.8. The molecule has 2 atom stereocenters. The van der Waals surface area contributed by atoms with E-state index in [1.54, 1.807) is 12.1 Å². The van der Waals surface area contributed by atoms with Crippen molar-refractivity contribution in [3.05, 3.63) is 102 Å². The summed E-state index contributed by atoms with van der Waals surface area (Å²) in [4.78, 5) is 11.1. The third-order valence-corrected chi connectivity index (χ3v) is 11.2. The predicted molar refractivity (Wildman–Crippen MR) is 182 cm³/mol. The van der Waals surface area contributed by atoms with E-state index in [-0.39, 0.29) is 59.8 Å². The van der Waals surface area contributed by atoms with Crippen molar-refractivity contribution in [1.82, 2.24) is 8.87 Å². The Hall–Kier alpha value is -2.90. The molecule has 0 radical (unpaired) electrons. The zero-order chi connectivity index (χ0) is 35.3. The van der Waals surface area contributed by atoms with Crippen LogP contribution in [0.4, 0.5) is 8.78 Å². The van der Waals surface area contributed by atoms with Gasteiger partial charge in [-0.1, -0.05) is 56.3 Å². The van der Waals surface area contributed by atoms with Crippen LogP contribution in [-0.4, -0.2) is 58.8 Å². The number of sulfonamides is 1. The van der Waals surface area contributed by atoms with E-state index in [2.05, 4.69) is 12.1 Å². The summed E-state index contributed by atoms with van der Waals surface area (Å²) in [5.74, 6) is -2.41. The van der Waals surface area contributed by atoms with Crippen molar-refractivity contribution in [2.75, 3.05) is 13.1 Å². The number of aliphatic carboxylic acids is 1. The molecule has 5 rings (SSSR count). The number of nitrogens with zero attached hydrogens (tertiary/aromatic N) is 2. The van der Waals surface area contributed by atoms with E-state index in [0.29, 0.717) is 59.9 Å². The van der Waals surface area contributed by atoms with Crippen molar-refractivity contribution in [2.24, 2.45) is 5.92 Å². The van der Waals surface area contributed by atoms with Crippen LogP contribution in [0.25, 0.3) is 22.4 Å². The number of aliphatic hydroxyl groups is 2. The van der Waals surface area contributed by atoms with Crippen molar-refractivity contribution < 1.29 is 66.9 Å². The van der Waals surface area contributed by atoms with Gasteiger partial charge in [0.15, 0.2) is 0 Å². The van der Waals surface area contributed by atoms with Crippen LogP contribution in [0.2, 0.25) is 0 Å². The standard InChI is InChI=1S/C38H44F2N2O6S.Na/c1-25(2)36-38(49(47,48)41-19-16-27(17-20-41)22-26-6-4-3-5-7-26)35(28-8-12-30(39)13-9-28)37(29-10-14-31(40)15-11-29)42(36)21-18-32(43)23-33(44)24-34(45)46;/h3-15,25,27,32-33,43-44H,16-24H2,1-2H3,(H,45,46);/q;+1/p-1/t32-,33-;/m1./s1. The second kappa shape index (κ2) is 17.5. The molecular formula is C38H43F2N2NaO6S. The summed E-state index contributed by atoms with van der Waals surface area (Å²) in [7, 11) is -4.14. The van der Waals surface area contributed by atoms with Gasteiger partial charge in [0, 0.05) is 43.3 Å². The molecule has 1 aliphatic rings. The Balaban J connectivity index is 0.00000562. The maximum atomic E-state index is 14.9. The van der Waals surface area contributed by atoms with Crippen LogP contribution in [0.3, 0.4) is 0 Å². The van der Waals surface area contributed by atoms with Gasteiger partial charge < -0.3 is 24.7 Å².